The Kier molecular flexibility index (Phi) is 7.53. The van der Waals surface area contributed by atoms with E-state index in [2.05, 4.69) is 10.6 Å². The van der Waals surface area contributed by atoms with E-state index in [9.17, 15) is 14.4 Å². The molecule has 1 aliphatic heterocycles. The third-order valence-corrected chi connectivity index (χ3v) is 6.28. The van der Waals surface area contributed by atoms with Crippen molar-refractivity contribution in [2.75, 3.05) is 5.32 Å². The van der Waals surface area contributed by atoms with Gasteiger partial charge in [-0.3, -0.25) is 14.4 Å². The molecule has 1 aliphatic rings. The normalized spacial score (nSPS) is 18.0. The summed E-state index contributed by atoms with van der Waals surface area (Å²) < 4.78 is 0. The van der Waals surface area contributed by atoms with Crippen molar-refractivity contribution in [1.82, 2.24) is 10.2 Å². The summed E-state index contributed by atoms with van der Waals surface area (Å²) in [6, 6.07) is 26.1. The monoisotopic (exact) mass is 483 g/mol. The Labute approximate surface area is 212 Å². The van der Waals surface area contributed by atoms with Crippen molar-refractivity contribution in [1.29, 1.82) is 0 Å². The van der Waals surface area contributed by atoms with E-state index in [1.54, 1.807) is 24.3 Å². The molecule has 186 valence electrons. The fraction of sp³-hybridized carbons (Fsp3) is 0.300. The molecular weight excluding hydrogens is 450 g/mol. The summed E-state index contributed by atoms with van der Waals surface area (Å²) >= 11 is 0. The SMILES string of the molecule is CC(C)(C)NC(=O)c1ccc(NC(=O)[C@H]2CCC(=O)N(Cc3ccccc3)[C@H]2c2ccccc2)cc1. The zero-order valence-electron chi connectivity index (χ0n) is 21.0. The summed E-state index contributed by atoms with van der Waals surface area (Å²) in [6.45, 7) is 6.23. The van der Waals surface area contributed by atoms with E-state index in [1.807, 2.05) is 86.3 Å². The Morgan fingerprint density at radius 3 is 2.11 bits per heavy atom. The van der Waals surface area contributed by atoms with Gasteiger partial charge < -0.3 is 15.5 Å². The quantitative estimate of drug-likeness (QED) is 0.497. The number of nitrogens with zero attached hydrogens (tertiary/aromatic N) is 1. The van der Waals surface area contributed by atoms with Gasteiger partial charge in [-0.25, -0.2) is 0 Å². The summed E-state index contributed by atoms with van der Waals surface area (Å²) in [4.78, 5) is 40.9. The molecule has 3 aromatic rings. The molecule has 0 aromatic heterocycles. The van der Waals surface area contributed by atoms with Crippen molar-refractivity contribution in [3.8, 4) is 0 Å². The van der Waals surface area contributed by atoms with Crippen LogP contribution in [0, 0.1) is 5.92 Å². The number of hydrogen-bond donors (Lipinski definition) is 2. The lowest BCUT2D eigenvalue weighted by Gasteiger charge is -2.41. The van der Waals surface area contributed by atoms with E-state index in [1.165, 1.54) is 0 Å². The van der Waals surface area contributed by atoms with Gasteiger partial charge in [0, 0.05) is 29.8 Å². The van der Waals surface area contributed by atoms with Crippen molar-refractivity contribution in [3.63, 3.8) is 0 Å². The minimum absolute atomic E-state index is 0.0472. The summed E-state index contributed by atoms with van der Waals surface area (Å²) in [5, 5.41) is 5.95. The number of likely N-dealkylation sites (tertiary alicyclic amines) is 1. The molecule has 0 bridgehead atoms. The zero-order valence-corrected chi connectivity index (χ0v) is 21.0. The van der Waals surface area contributed by atoms with Gasteiger partial charge in [-0.15, -0.1) is 0 Å². The Hall–Kier alpha value is -3.93. The van der Waals surface area contributed by atoms with E-state index in [4.69, 9.17) is 0 Å². The summed E-state index contributed by atoms with van der Waals surface area (Å²) in [7, 11) is 0. The summed E-state index contributed by atoms with van der Waals surface area (Å²) in [6.07, 6.45) is 0.793. The average molecular weight is 484 g/mol. The van der Waals surface area contributed by atoms with E-state index < -0.39 is 5.92 Å². The Bertz CT molecular complexity index is 1200. The van der Waals surface area contributed by atoms with Gasteiger partial charge >= 0.3 is 0 Å². The topological polar surface area (TPSA) is 78.5 Å². The van der Waals surface area contributed by atoms with Gasteiger partial charge in [-0.2, -0.15) is 0 Å². The van der Waals surface area contributed by atoms with Gasteiger partial charge in [-0.1, -0.05) is 60.7 Å². The molecule has 3 amide bonds. The Morgan fingerprint density at radius 1 is 0.889 bits per heavy atom. The van der Waals surface area contributed by atoms with E-state index in [-0.39, 0.29) is 29.3 Å². The molecule has 0 spiro atoms. The molecule has 0 radical (unpaired) electrons. The fourth-order valence-corrected chi connectivity index (χ4v) is 4.61. The number of rotatable bonds is 6. The number of nitrogens with one attached hydrogen (secondary N) is 2. The first-order valence-electron chi connectivity index (χ1n) is 12.3. The number of piperidine rings is 1. The predicted molar refractivity (Wildman–Crippen MR) is 141 cm³/mol. The lowest BCUT2D eigenvalue weighted by atomic mass is 9.83. The van der Waals surface area contributed by atoms with Crippen molar-refractivity contribution in [2.24, 2.45) is 5.92 Å². The second-order valence-electron chi connectivity index (χ2n) is 10.3. The molecule has 6 nitrogen and oxygen atoms in total. The fourth-order valence-electron chi connectivity index (χ4n) is 4.61. The first-order chi connectivity index (χ1) is 17.2. The lowest BCUT2D eigenvalue weighted by molar-refractivity contribution is -0.142. The minimum Gasteiger partial charge on any atom is -0.347 e. The largest absolute Gasteiger partial charge is 0.347 e. The number of anilines is 1. The molecule has 36 heavy (non-hydrogen) atoms. The van der Waals surface area contributed by atoms with Crippen LogP contribution < -0.4 is 10.6 Å². The van der Waals surface area contributed by atoms with Crippen LogP contribution in [0.3, 0.4) is 0 Å². The molecular formula is C30H33N3O3. The zero-order chi connectivity index (χ0) is 25.7. The highest BCUT2D eigenvalue weighted by molar-refractivity contribution is 5.97. The van der Waals surface area contributed by atoms with Crippen LogP contribution in [0.15, 0.2) is 84.9 Å². The maximum atomic E-state index is 13.5. The first-order valence-corrected chi connectivity index (χ1v) is 12.3. The lowest BCUT2D eigenvalue weighted by Crippen LogP contribution is -2.46. The smallest absolute Gasteiger partial charge is 0.251 e. The number of carbonyl (C=O) groups excluding carboxylic acids is 3. The van der Waals surface area contributed by atoms with Crippen molar-refractivity contribution >= 4 is 23.4 Å². The maximum Gasteiger partial charge on any atom is 0.251 e. The first kappa shape index (κ1) is 25.2. The maximum absolute atomic E-state index is 13.5. The highest BCUT2D eigenvalue weighted by atomic mass is 16.2. The molecule has 2 atom stereocenters. The van der Waals surface area contributed by atoms with Crippen molar-refractivity contribution in [2.45, 2.75) is 51.7 Å². The highest BCUT2D eigenvalue weighted by Crippen LogP contribution is 2.38. The number of benzene rings is 3. The van der Waals surface area contributed by atoms with Crippen LogP contribution in [0.25, 0.3) is 0 Å². The second-order valence-corrected chi connectivity index (χ2v) is 10.3. The van der Waals surface area contributed by atoms with E-state index >= 15 is 0 Å². The van der Waals surface area contributed by atoms with Crippen LogP contribution in [0.2, 0.25) is 0 Å². The van der Waals surface area contributed by atoms with Crippen LogP contribution in [-0.2, 0) is 16.1 Å². The second kappa shape index (κ2) is 10.8. The number of hydrogen-bond acceptors (Lipinski definition) is 3. The van der Waals surface area contributed by atoms with Crippen LogP contribution in [0.1, 0.15) is 61.1 Å². The minimum atomic E-state index is -0.405. The average Bonchev–Trinajstić information content (AvgIpc) is 2.85. The molecule has 1 fully saturated rings. The molecule has 6 heteroatoms. The van der Waals surface area contributed by atoms with Crippen molar-refractivity contribution in [3.05, 3.63) is 102 Å². The molecule has 0 unspecified atom stereocenters. The summed E-state index contributed by atoms with van der Waals surface area (Å²) in [5.41, 5.74) is 2.78. The molecule has 3 aromatic carbocycles. The molecule has 0 saturated carbocycles. The van der Waals surface area contributed by atoms with Crippen LogP contribution >= 0.6 is 0 Å². The van der Waals surface area contributed by atoms with Gasteiger partial charge in [0.25, 0.3) is 5.91 Å². The summed E-state index contributed by atoms with van der Waals surface area (Å²) in [5.74, 6) is -0.656. The van der Waals surface area contributed by atoms with Crippen LogP contribution in [0.4, 0.5) is 5.69 Å². The molecule has 1 heterocycles. The van der Waals surface area contributed by atoms with Gasteiger partial charge in [0.05, 0.1) is 12.0 Å². The third-order valence-electron chi connectivity index (χ3n) is 6.28. The number of carbonyl (C=O) groups is 3. The van der Waals surface area contributed by atoms with Crippen molar-refractivity contribution < 1.29 is 14.4 Å². The van der Waals surface area contributed by atoms with E-state index in [0.29, 0.717) is 30.6 Å². The third kappa shape index (κ3) is 6.19. The number of amides is 3. The highest BCUT2D eigenvalue weighted by Gasteiger charge is 2.40. The van der Waals surface area contributed by atoms with Crippen LogP contribution in [0.5, 0.6) is 0 Å². The standard InChI is InChI=1S/C30H33N3O3/c1-30(2,3)32-28(35)23-14-16-24(17-15-23)31-29(36)25-18-19-26(34)33(20-21-10-6-4-7-11-21)27(25)22-12-8-5-9-13-22/h4-17,25,27H,18-20H2,1-3H3,(H,31,36)(H,32,35)/t25-,27-/m0/s1. The molecule has 2 N–H and O–H groups in total. The van der Waals surface area contributed by atoms with Crippen LogP contribution in [-0.4, -0.2) is 28.2 Å². The van der Waals surface area contributed by atoms with Gasteiger partial charge in [0.2, 0.25) is 11.8 Å². The Balaban J connectivity index is 1.55. The molecule has 4 rings (SSSR count). The van der Waals surface area contributed by atoms with Gasteiger partial charge in [-0.05, 0) is 62.6 Å². The molecule has 1 saturated heterocycles. The van der Waals surface area contributed by atoms with E-state index in [0.717, 1.165) is 11.1 Å². The molecule has 0 aliphatic carbocycles. The predicted octanol–water partition coefficient (Wildman–Crippen LogP) is 5.33. The Morgan fingerprint density at radius 2 is 1.50 bits per heavy atom. The van der Waals surface area contributed by atoms with Gasteiger partial charge in [0.15, 0.2) is 0 Å². The van der Waals surface area contributed by atoms with Gasteiger partial charge in [0.1, 0.15) is 0 Å².